The SMILES string of the molecule is O=C(O)c1cc(Cl)nc(O[C@@H]2C[C@@H]3CC[C@@H](C3)C2)c1. The van der Waals surface area contributed by atoms with E-state index in [-0.39, 0.29) is 16.8 Å². The van der Waals surface area contributed by atoms with Gasteiger partial charge in [-0.15, -0.1) is 0 Å². The van der Waals surface area contributed by atoms with Crippen LogP contribution in [-0.2, 0) is 0 Å². The molecule has 0 aromatic carbocycles. The van der Waals surface area contributed by atoms with Gasteiger partial charge in [0.1, 0.15) is 11.3 Å². The standard InChI is InChI=1S/C14H16ClNO3/c15-12-6-10(14(17)18)7-13(16-12)19-11-4-8-1-2-9(3-8)5-11/h6-9,11H,1-5H2,(H,17,18)/t8-,9+,11-. The molecule has 5 heteroatoms. The van der Waals surface area contributed by atoms with E-state index in [2.05, 4.69) is 4.98 Å². The largest absolute Gasteiger partial charge is 0.478 e. The predicted octanol–water partition coefficient (Wildman–Crippen LogP) is 3.39. The second kappa shape index (κ2) is 5.00. The van der Waals surface area contributed by atoms with Gasteiger partial charge < -0.3 is 9.84 Å². The van der Waals surface area contributed by atoms with Gasteiger partial charge in [-0.05, 0) is 37.2 Å². The summed E-state index contributed by atoms with van der Waals surface area (Å²) >= 11 is 5.83. The van der Waals surface area contributed by atoms with Crippen LogP contribution in [0.3, 0.4) is 0 Å². The fraction of sp³-hybridized carbons (Fsp3) is 0.571. The van der Waals surface area contributed by atoms with Gasteiger partial charge in [-0.1, -0.05) is 24.4 Å². The lowest BCUT2D eigenvalue weighted by atomic mass is 9.87. The Morgan fingerprint density at radius 3 is 2.58 bits per heavy atom. The quantitative estimate of drug-likeness (QED) is 0.863. The molecule has 0 radical (unpaired) electrons. The van der Waals surface area contributed by atoms with E-state index >= 15 is 0 Å². The third kappa shape index (κ3) is 2.84. The van der Waals surface area contributed by atoms with E-state index in [9.17, 15) is 4.79 Å². The molecule has 4 nitrogen and oxygen atoms in total. The average molecular weight is 282 g/mol. The molecular formula is C14H16ClNO3. The third-order valence-corrected chi connectivity index (χ3v) is 4.34. The molecule has 0 aliphatic heterocycles. The zero-order valence-corrected chi connectivity index (χ0v) is 11.3. The summed E-state index contributed by atoms with van der Waals surface area (Å²) in [5.74, 6) is 0.845. The van der Waals surface area contributed by atoms with Crippen LogP contribution in [0, 0.1) is 11.8 Å². The van der Waals surface area contributed by atoms with Crippen LogP contribution in [0.25, 0.3) is 0 Å². The van der Waals surface area contributed by atoms with Gasteiger partial charge in [0, 0.05) is 6.07 Å². The Bertz CT molecular complexity index is 493. The number of halogens is 1. The number of aromatic nitrogens is 1. The van der Waals surface area contributed by atoms with Gasteiger partial charge in [0.25, 0.3) is 0 Å². The Morgan fingerprint density at radius 2 is 1.95 bits per heavy atom. The number of hydrogen-bond acceptors (Lipinski definition) is 3. The molecule has 1 aromatic rings. The molecule has 1 aromatic heterocycles. The van der Waals surface area contributed by atoms with E-state index in [1.165, 1.54) is 31.4 Å². The van der Waals surface area contributed by atoms with Crippen molar-refractivity contribution in [2.24, 2.45) is 11.8 Å². The topological polar surface area (TPSA) is 59.4 Å². The summed E-state index contributed by atoms with van der Waals surface area (Å²) in [6.07, 6.45) is 6.17. The molecule has 2 saturated carbocycles. The summed E-state index contributed by atoms with van der Waals surface area (Å²) in [5, 5.41) is 9.15. The third-order valence-electron chi connectivity index (χ3n) is 4.15. The minimum Gasteiger partial charge on any atom is -0.478 e. The molecule has 0 spiro atoms. The number of fused-ring (bicyclic) bond motifs is 2. The minimum absolute atomic E-state index is 0.119. The summed E-state index contributed by atoms with van der Waals surface area (Å²) in [6, 6.07) is 2.78. The lowest BCUT2D eigenvalue weighted by Gasteiger charge is -2.27. The highest BCUT2D eigenvalue weighted by atomic mass is 35.5. The number of ether oxygens (including phenoxy) is 1. The first-order valence-electron chi connectivity index (χ1n) is 6.67. The van der Waals surface area contributed by atoms with E-state index in [1.54, 1.807) is 0 Å². The first-order chi connectivity index (χ1) is 9.10. The molecule has 102 valence electrons. The Balaban J connectivity index is 1.74. The Kier molecular flexibility index (Phi) is 3.35. The van der Waals surface area contributed by atoms with Crippen molar-refractivity contribution in [3.8, 4) is 5.88 Å². The van der Waals surface area contributed by atoms with Gasteiger partial charge in [0.2, 0.25) is 5.88 Å². The normalized spacial score (nSPS) is 29.2. The highest BCUT2D eigenvalue weighted by Crippen LogP contribution is 2.43. The first kappa shape index (κ1) is 12.7. The maximum absolute atomic E-state index is 11.0. The van der Waals surface area contributed by atoms with Crippen molar-refractivity contribution >= 4 is 17.6 Å². The highest BCUT2D eigenvalue weighted by molar-refractivity contribution is 6.29. The number of carbonyl (C=O) groups is 1. The maximum Gasteiger partial charge on any atom is 0.335 e. The van der Waals surface area contributed by atoms with Gasteiger partial charge in [0.15, 0.2) is 0 Å². The molecule has 1 heterocycles. The van der Waals surface area contributed by atoms with Gasteiger partial charge in [-0.2, -0.15) is 0 Å². The van der Waals surface area contributed by atoms with Crippen molar-refractivity contribution in [3.05, 3.63) is 22.8 Å². The van der Waals surface area contributed by atoms with Crippen molar-refractivity contribution in [3.63, 3.8) is 0 Å². The second-order valence-corrected chi connectivity index (χ2v) is 5.97. The fourth-order valence-corrected chi connectivity index (χ4v) is 3.57. The van der Waals surface area contributed by atoms with Crippen LogP contribution in [0.2, 0.25) is 5.15 Å². The van der Waals surface area contributed by atoms with Crippen LogP contribution in [0.15, 0.2) is 12.1 Å². The molecule has 2 fully saturated rings. The summed E-state index contributed by atoms with van der Waals surface area (Å²) in [5.41, 5.74) is 0.119. The van der Waals surface area contributed by atoms with E-state index < -0.39 is 5.97 Å². The lowest BCUT2D eigenvalue weighted by molar-refractivity contribution is 0.0694. The predicted molar refractivity (Wildman–Crippen MR) is 70.7 cm³/mol. The van der Waals surface area contributed by atoms with Crippen LogP contribution in [0.4, 0.5) is 0 Å². The number of nitrogens with zero attached hydrogens (tertiary/aromatic N) is 1. The molecule has 3 rings (SSSR count). The number of carboxylic acid groups (broad SMARTS) is 1. The number of hydrogen-bond donors (Lipinski definition) is 1. The van der Waals surface area contributed by atoms with E-state index in [0.717, 1.165) is 24.7 Å². The molecule has 3 atom stereocenters. The van der Waals surface area contributed by atoms with E-state index in [1.807, 2.05) is 0 Å². The molecular weight excluding hydrogens is 266 g/mol. The molecule has 0 amide bonds. The van der Waals surface area contributed by atoms with Crippen molar-refractivity contribution in [2.75, 3.05) is 0 Å². The van der Waals surface area contributed by atoms with Gasteiger partial charge >= 0.3 is 5.97 Å². The fourth-order valence-electron chi connectivity index (χ4n) is 3.37. The Labute approximate surface area is 116 Å². The molecule has 1 N–H and O–H groups in total. The molecule has 2 bridgehead atoms. The first-order valence-corrected chi connectivity index (χ1v) is 7.05. The number of carboxylic acids is 1. The van der Waals surface area contributed by atoms with Gasteiger partial charge in [-0.3, -0.25) is 0 Å². The Morgan fingerprint density at radius 1 is 1.26 bits per heavy atom. The van der Waals surface area contributed by atoms with Crippen molar-refractivity contribution in [1.29, 1.82) is 0 Å². The van der Waals surface area contributed by atoms with Crippen LogP contribution in [-0.4, -0.2) is 22.2 Å². The van der Waals surface area contributed by atoms with Gasteiger partial charge in [-0.25, -0.2) is 9.78 Å². The van der Waals surface area contributed by atoms with Crippen LogP contribution < -0.4 is 4.74 Å². The smallest absolute Gasteiger partial charge is 0.335 e. The molecule has 0 unspecified atom stereocenters. The van der Waals surface area contributed by atoms with E-state index in [4.69, 9.17) is 21.4 Å². The molecule has 2 aliphatic rings. The zero-order chi connectivity index (χ0) is 13.4. The number of rotatable bonds is 3. The monoisotopic (exact) mass is 281 g/mol. The molecule has 19 heavy (non-hydrogen) atoms. The summed E-state index contributed by atoms with van der Waals surface area (Å²) in [4.78, 5) is 15.0. The summed E-state index contributed by atoms with van der Waals surface area (Å²) in [6.45, 7) is 0. The average Bonchev–Trinajstić information content (AvgIpc) is 2.68. The summed E-state index contributed by atoms with van der Waals surface area (Å²) in [7, 11) is 0. The molecule has 2 aliphatic carbocycles. The number of pyridine rings is 1. The Hall–Kier alpha value is -1.29. The second-order valence-electron chi connectivity index (χ2n) is 5.58. The van der Waals surface area contributed by atoms with Crippen LogP contribution in [0.5, 0.6) is 5.88 Å². The van der Waals surface area contributed by atoms with Crippen molar-refractivity contribution in [2.45, 2.75) is 38.2 Å². The highest BCUT2D eigenvalue weighted by Gasteiger charge is 2.35. The number of aromatic carboxylic acids is 1. The molecule has 0 saturated heterocycles. The van der Waals surface area contributed by atoms with Crippen LogP contribution in [0.1, 0.15) is 42.5 Å². The maximum atomic E-state index is 11.0. The summed E-state index contributed by atoms with van der Waals surface area (Å²) < 4.78 is 5.85. The van der Waals surface area contributed by atoms with E-state index in [0.29, 0.717) is 5.88 Å². The van der Waals surface area contributed by atoms with Crippen molar-refractivity contribution < 1.29 is 14.6 Å². The van der Waals surface area contributed by atoms with Crippen molar-refractivity contribution in [1.82, 2.24) is 4.98 Å². The lowest BCUT2D eigenvalue weighted by Crippen LogP contribution is -2.26. The van der Waals surface area contributed by atoms with Crippen LogP contribution >= 0.6 is 11.6 Å². The van der Waals surface area contributed by atoms with Gasteiger partial charge in [0.05, 0.1) is 5.56 Å². The minimum atomic E-state index is -1.02. The zero-order valence-electron chi connectivity index (χ0n) is 10.5.